The van der Waals surface area contributed by atoms with E-state index < -0.39 is 0 Å². The molecular weight excluding hydrogens is 228 g/mol. The van der Waals surface area contributed by atoms with Crippen LogP contribution in [0.4, 0.5) is 0 Å². The minimum absolute atomic E-state index is 0.00595. The van der Waals surface area contributed by atoms with E-state index in [0.717, 1.165) is 24.0 Å². The third-order valence-electron chi connectivity index (χ3n) is 3.51. The Morgan fingerprint density at radius 3 is 2.89 bits per heavy atom. The highest BCUT2D eigenvalue weighted by molar-refractivity contribution is 6.00. The van der Waals surface area contributed by atoms with Crippen LogP contribution in [0.2, 0.25) is 0 Å². The lowest BCUT2D eigenvalue weighted by Gasteiger charge is -2.27. The van der Waals surface area contributed by atoms with Crippen LogP contribution in [-0.2, 0) is 11.2 Å². The Morgan fingerprint density at radius 1 is 1.44 bits per heavy atom. The molecule has 0 spiro atoms. The quantitative estimate of drug-likeness (QED) is 0.860. The molecular formula is C14H18N2O2. The molecule has 1 unspecified atom stereocenters. The van der Waals surface area contributed by atoms with Gasteiger partial charge in [0, 0.05) is 25.1 Å². The summed E-state index contributed by atoms with van der Waals surface area (Å²) in [5.41, 5.74) is 7.24. The number of nitrogens with zero attached hydrogens (tertiary/aromatic N) is 1. The second-order valence-corrected chi connectivity index (χ2v) is 4.74. The minimum atomic E-state index is -0.123. The van der Waals surface area contributed by atoms with E-state index in [0.29, 0.717) is 6.54 Å². The van der Waals surface area contributed by atoms with Gasteiger partial charge in [-0.3, -0.25) is 9.59 Å². The first-order valence-electron chi connectivity index (χ1n) is 6.19. The highest BCUT2D eigenvalue weighted by Gasteiger charge is 2.28. The number of nitrogens with two attached hydrogens (primary N) is 1. The molecule has 0 heterocycles. The van der Waals surface area contributed by atoms with Crippen molar-refractivity contribution >= 4 is 11.7 Å². The van der Waals surface area contributed by atoms with Crippen molar-refractivity contribution in [3.8, 4) is 0 Å². The summed E-state index contributed by atoms with van der Waals surface area (Å²) in [5.74, 6) is -0.0735. The van der Waals surface area contributed by atoms with Crippen LogP contribution in [0.25, 0.3) is 0 Å². The van der Waals surface area contributed by atoms with Gasteiger partial charge in [0.2, 0.25) is 5.91 Å². The van der Waals surface area contributed by atoms with E-state index in [-0.39, 0.29) is 24.2 Å². The average Bonchev–Trinajstić information content (AvgIpc) is 2.41. The topological polar surface area (TPSA) is 63.4 Å². The number of fused-ring (bicyclic) bond motifs is 1. The molecule has 2 N–H and O–H groups in total. The zero-order valence-electron chi connectivity index (χ0n) is 10.6. The number of aryl methyl sites for hydroxylation is 1. The molecule has 4 nitrogen and oxygen atoms in total. The molecule has 0 aliphatic heterocycles. The standard InChI is InChI=1S/C14H18N2O2/c1-16(13(17)8-15)9-11-7-6-10-4-2-3-5-12(10)14(11)18/h2-5,11H,6-9,15H2,1H3. The van der Waals surface area contributed by atoms with Gasteiger partial charge in [0.05, 0.1) is 6.54 Å². The van der Waals surface area contributed by atoms with E-state index in [1.165, 1.54) is 0 Å². The third kappa shape index (κ3) is 2.43. The molecule has 18 heavy (non-hydrogen) atoms. The van der Waals surface area contributed by atoms with E-state index in [2.05, 4.69) is 0 Å². The number of hydrogen-bond donors (Lipinski definition) is 1. The summed E-state index contributed by atoms with van der Waals surface area (Å²) in [4.78, 5) is 25.3. The average molecular weight is 246 g/mol. The Morgan fingerprint density at radius 2 is 2.17 bits per heavy atom. The lowest BCUT2D eigenvalue weighted by molar-refractivity contribution is -0.128. The molecule has 0 aromatic heterocycles. The minimum Gasteiger partial charge on any atom is -0.344 e. The Bertz CT molecular complexity index is 471. The zero-order valence-corrected chi connectivity index (χ0v) is 10.6. The van der Waals surface area contributed by atoms with E-state index in [4.69, 9.17) is 5.73 Å². The van der Waals surface area contributed by atoms with Crippen LogP contribution >= 0.6 is 0 Å². The lowest BCUT2D eigenvalue weighted by Crippen LogP contribution is -2.39. The van der Waals surface area contributed by atoms with Crippen LogP contribution < -0.4 is 5.73 Å². The Hall–Kier alpha value is -1.68. The number of amides is 1. The molecule has 0 bridgehead atoms. The van der Waals surface area contributed by atoms with Crippen LogP contribution in [0.5, 0.6) is 0 Å². The highest BCUT2D eigenvalue weighted by atomic mass is 16.2. The summed E-state index contributed by atoms with van der Waals surface area (Å²) >= 11 is 0. The molecule has 1 aromatic carbocycles. The molecule has 1 atom stereocenters. The van der Waals surface area contributed by atoms with Crippen molar-refractivity contribution in [1.29, 1.82) is 0 Å². The van der Waals surface area contributed by atoms with Gasteiger partial charge in [0.15, 0.2) is 5.78 Å². The number of carbonyl (C=O) groups excluding carboxylic acids is 2. The number of Topliss-reactive ketones (excluding diaryl/α,β-unsaturated/α-hetero) is 1. The van der Waals surface area contributed by atoms with E-state index in [9.17, 15) is 9.59 Å². The fourth-order valence-electron chi connectivity index (χ4n) is 2.42. The number of benzene rings is 1. The molecule has 0 radical (unpaired) electrons. The summed E-state index contributed by atoms with van der Waals surface area (Å²) in [6.45, 7) is 0.456. The number of likely N-dealkylation sites (N-methyl/N-ethyl adjacent to an activating group) is 1. The van der Waals surface area contributed by atoms with E-state index in [1.54, 1.807) is 11.9 Å². The summed E-state index contributed by atoms with van der Waals surface area (Å²) in [5, 5.41) is 0. The smallest absolute Gasteiger partial charge is 0.236 e. The van der Waals surface area contributed by atoms with Gasteiger partial charge in [-0.25, -0.2) is 0 Å². The van der Waals surface area contributed by atoms with Crippen molar-refractivity contribution in [3.05, 3.63) is 35.4 Å². The molecule has 0 saturated heterocycles. The molecule has 1 aromatic rings. The summed E-state index contributed by atoms with van der Waals surface area (Å²) < 4.78 is 0. The first kappa shape index (κ1) is 12.8. The van der Waals surface area contributed by atoms with Crippen molar-refractivity contribution in [3.63, 3.8) is 0 Å². The predicted molar refractivity (Wildman–Crippen MR) is 69.3 cm³/mol. The first-order chi connectivity index (χ1) is 8.63. The fraction of sp³-hybridized carbons (Fsp3) is 0.429. The van der Waals surface area contributed by atoms with Gasteiger partial charge >= 0.3 is 0 Å². The fourth-order valence-corrected chi connectivity index (χ4v) is 2.42. The monoisotopic (exact) mass is 246 g/mol. The van der Waals surface area contributed by atoms with Crippen LogP contribution in [-0.4, -0.2) is 36.7 Å². The molecule has 1 aliphatic carbocycles. The largest absolute Gasteiger partial charge is 0.344 e. The Kier molecular flexibility index (Phi) is 3.77. The SMILES string of the molecule is CN(CC1CCc2ccccc2C1=O)C(=O)CN. The number of ketones is 1. The Balaban J connectivity index is 2.10. The number of hydrogen-bond acceptors (Lipinski definition) is 3. The van der Waals surface area contributed by atoms with Crippen LogP contribution in [0, 0.1) is 5.92 Å². The van der Waals surface area contributed by atoms with Gasteiger partial charge < -0.3 is 10.6 Å². The molecule has 4 heteroatoms. The number of rotatable bonds is 3. The highest BCUT2D eigenvalue weighted by Crippen LogP contribution is 2.25. The molecule has 1 aliphatic rings. The van der Waals surface area contributed by atoms with Gasteiger partial charge in [-0.15, -0.1) is 0 Å². The maximum atomic E-state index is 12.3. The van der Waals surface area contributed by atoms with Crippen molar-refractivity contribution in [2.75, 3.05) is 20.1 Å². The van der Waals surface area contributed by atoms with Crippen molar-refractivity contribution in [2.24, 2.45) is 11.7 Å². The number of carbonyl (C=O) groups is 2. The molecule has 2 rings (SSSR count). The summed E-state index contributed by atoms with van der Waals surface area (Å²) in [7, 11) is 1.70. The maximum absolute atomic E-state index is 12.3. The van der Waals surface area contributed by atoms with Gasteiger partial charge in [0.1, 0.15) is 0 Å². The van der Waals surface area contributed by atoms with Crippen molar-refractivity contribution < 1.29 is 9.59 Å². The van der Waals surface area contributed by atoms with E-state index >= 15 is 0 Å². The predicted octanol–water partition coefficient (Wildman–Crippen LogP) is 0.849. The van der Waals surface area contributed by atoms with Crippen LogP contribution in [0.15, 0.2) is 24.3 Å². The van der Waals surface area contributed by atoms with Crippen molar-refractivity contribution in [2.45, 2.75) is 12.8 Å². The van der Waals surface area contributed by atoms with Crippen LogP contribution in [0.3, 0.4) is 0 Å². The van der Waals surface area contributed by atoms with E-state index in [1.807, 2.05) is 24.3 Å². The lowest BCUT2D eigenvalue weighted by atomic mass is 9.82. The molecule has 0 saturated carbocycles. The second kappa shape index (κ2) is 5.31. The first-order valence-corrected chi connectivity index (χ1v) is 6.19. The second-order valence-electron chi connectivity index (χ2n) is 4.74. The Labute approximate surface area is 107 Å². The van der Waals surface area contributed by atoms with Gasteiger partial charge in [-0.2, -0.15) is 0 Å². The summed E-state index contributed by atoms with van der Waals surface area (Å²) in [6, 6.07) is 7.71. The molecule has 1 amide bonds. The maximum Gasteiger partial charge on any atom is 0.236 e. The van der Waals surface area contributed by atoms with Gasteiger partial charge in [-0.05, 0) is 18.4 Å². The molecule has 0 fully saturated rings. The third-order valence-corrected chi connectivity index (χ3v) is 3.51. The van der Waals surface area contributed by atoms with Gasteiger partial charge in [0.25, 0.3) is 0 Å². The summed E-state index contributed by atoms with van der Waals surface area (Å²) in [6.07, 6.45) is 1.70. The normalized spacial score (nSPS) is 18.3. The zero-order chi connectivity index (χ0) is 13.1. The van der Waals surface area contributed by atoms with Gasteiger partial charge in [-0.1, -0.05) is 24.3 Å². The molecule has 96 valence electrons. The van der Waals surface area contributed by atoms with Crippen LogP contribution in [0.1, 0.15) is 22.3 Å². The van der Waals surface area contributed by atoms with Crippen molar-refractivity contribution in [1.82, 2.24) is 4.90 Å².